The van der Waals surface area contributed by atoms with Crippen molar-refractivity contribution in [2.24, 2.45) is 5.92 Å². The zero-order chi connectivity index (χ0) is 22.2. The van der Waals surface area contributed by atoms with E-state index in [4.69, 9.17) is 4.74 Å². The highest BCUT2D eigenvalue weighted by atomic mass is 32.2. The van der Waals surface area contributed by atoms with Crippen molar-refractivity contribution in [2.75, 3.05) is 12.3 Å². The Morgan fingerprint density at radius 1 is 1.07 bits per heavy atom. The number of alkyl carbamates (subject to hydrolysis) is 1. The quantitative estimate of drug-likeness (QED) is 0.474. The number of rotatable bonds is 10. The monoisotopic (exact) mass is 454 g/mol. The summed E-state index contributed by atoms with van der Waals surface area (Å²) in [7, 11) is -7.94. The van der Waals surface area contributed by atoms with Crippen LogP contribution in [0.4, 0.5) is 4.79 Å². The van der Waals surface area contributed by atoms with Crippen LogP contribution in [0.25, 0.3) is 0 Å². The van der Waals surface area contributed by atoms with Crippen LogP contribution in [0.2, 0.25) is 0 Å². The van der Waals surface area contributed by atoms with Gasteiger partial charge < -0.3 is 14.9 Å². The molecule has 10 heteroatoms. The van der Waals surface area contributed by atoms with Gasteiger partial charge >= 0.3 is 6.09 Å². The van der Waals surface area contributed by atoms with Crippen LogP contribution in [0, 0.1) is 5.92 Å². The van der Waals surface area contributed by atoms with Gasteiger partial charge in [-0.25, -0.2) is 17.9 Å². The summed E-state index contributed by atoms with van der Waals surface area (Å²) >= 11 is 0. The Labute approximate surface area is 177 Å². The number of benzene rings is 2. The fraction of sp³-hybridized carbons (Fsp3) is 0.350. The Morgan fingerprint density at radius 2 is 1.63 bits per heavy atom. The largest absolute Gasteiger partial charge is 0.445 e. The number of hydrogen-bond acceptors (Lipinski definition) is 5. The van der Waals surface area contributed by atoms with Crippen LogP contribution in [0.15, 0.2) is 60.7 Å². The lowest BCUT2D eigenvalue weighted by molar-refractivity contribution is 0.140. The summed E-state index contributed by atoms with van der Waals surface area (Å²) in [5, 5.41) is 2.55. The molecule has 0 spiro atoms. The second kappa shape index (κ2) is 10.7. The van der Waals surface area contributed by atoms with Crippen LogP contribution in [-0.2, 0) is 25.9 Å². The summed E-state index contributed by atoms with van der Waals surface area (Å²) in [5.74, 6) is -2.07. The van der Waals surface area contributed by atoms with Crippen LogP contribution >= 0.6 is 7.37 Å². The summed E-state index contributed by atoms with van der Waals surface area (Å²) in [6.45, 7) is 3.20. The molecule has 0 saturated carbocycles. The molecular weight excluding hydrogens is 427 g/mol. The van der Waals surface area contributed by atoms with Gasteiger partial charge in [0, 0.05) is 11.8 Å². The van der Waals surface area contributed by atoms with Crippen molar-refractivity contribution in [1.29, 1.82) is 0 Å². The summed E-state index contributed by atoms with van der Waals surface area (Å²) < 4.78 is 45.2. The highest BCUT2D eigenvalue weighted by Crippen LogP contribution is 2.47. The van der Waals surface area contributed by atoms with Crippen molar-refractivity contribution in [3.05, 3.63) is 66.2 Å². The first-order chi connectivity index (χ1) is 14.1. The molecule has 0 radical (unpaired) electrons. The van der Waals surface area contributed by atoms with E-state index < -0.39 is 40.9 Å². The van der Waals surface area contributed by atoms with E-state index in [0.29, 0.717) is 0 Å². The van der Waals surface area contributed by atoms with Gasteiger partial charge in [-0.2, -0.15) is 0 Å². The topological polar surface area (TPSA) is 122 Å². The van der Waals surface area contributed by atoms with E-state index in [2.05, 4.69) is 10.0 Å². The van der Waals surface area contributed by atoms with Gasteiger partial charge in [-0.3, -0.25) is 4.57 Å². The van der Waals surface area contributed by atoms with Crippen LogP contribution in [0.1, 0.15) is 19.4 Å². The van der Waals surface area contributed by atoms with E-state index in [1.54, 1.807) is 44.2 Å². The van der Waals surface area contributed by atoms with Crippen LogP contribution < -0.4 is 15.3 Å². The van der Waals surface area contributed by atoms with E-state index in [1.807, 2.05) is 18.2 Å². The summed E-state index contributed by atoms with van der Waals surface area (Å²) in [5.41, 5.74) is 0.807. The van der Waals surface area contributed by atoms with Crippen molar-refractivity contribution in [2.45, 2.75) is 26.2 Å². The van der Waals surface area contributed by atoms with Gasteiger partial charge in [-0.05, 0) is 23.6 Å². The van der Waals surface area contributed by atoms with E-state index >= 15 is 0 Å². The lowest BCUT2D eigenvalue weighted by Crippen LogP contribution is -2.43. The normalized spacial score (nSPS) is 14.7. The Hall–Kier alpha value is -2.19. The maximum absolute atomic E-state index is 13.0. The maximum Gasteiger partial charge on any atom is 0.407 e. The van der Waals surface area contributed by atoms with Crippen molar-refractivity contribution in [3.8, 4) is 0 Å². The van der Waals surface area contributed by atoms with Gasteiger partial charge in [0.05, 0.1) is 5.75 Å². The first-order valence-corrected chi connectivity index (χ1v) is 12.8. The minimum Gasteiger partial charge on any atom is -0.445 e. The average molecular weight is 454 g/mol. The Bertz CT molecular complexity index is 967. The van der Waals surface area contributed by atoms with Gasteiger partial charge in [-0.1, -0.05) is 62.4 Å². The second-order valence-electron chi connectivity index (χ2n) is 7.07. The molecule has 3 N–H and O–H groups in total. The number of sulfonamides is 1. The standard InChI is InChI=1S/C20H27N2O6PS/c1-16(2)19(29(24,25)18-11-7-4-8-12-18)22-30(26,27)14-13-21-20(23)28-15-17-9-5-3-6-10-17/h3-12,16,19,22H,13-15H2,1-2H3,(H,21,23)(H,24,25). The molecule has 30 heavy (non-hydrogen) atoms. The SMILES string of the molecule is CC(C)C(NS(=O)(=O)CCNC(=O)OCc1ccccc1)P(=O)(O)c1ccccc1. The third-order valence-electron chi connectivity index (χ3n) is 4.29. The molecule has 1 amide bonds. The highest BCUT2D eigenvalue weighted by Gasteiger charge is 2.37. The first kappa shape index (κ1) is 24.1. The number of amides is 1. The fourth-order valence-corrected chi connectivity index (χ4v) is 6.63. The molecule has 2 aromatic carbocycles. The minimum atomic E-state index is -4.01. The smallest absolute Gasteiger partial charge is 0.407 e. The van der Waals surface area contributed by atoms with Gasteiger partial charge in [0.1, 0.15) is 12.4 Å². The van der Waals surface area contributed by atoms with Gasteiger partial charge in [-0.15, -0.1) is 0 Å². The Morgan fingerprint density at radius 3 is 2.20 bits per heavy atom. The average Bonchev–Trinajstić information content (AvgIpc) is 2.71. The van der Waals surface area contributed by atoms with Crippen molar-refractivity contribution >= 4 is 28.8 Å². The van der Waals surface area contributed by atoms with Crippen LogP contribution in [0.5, 0.6) is 0 Å². The van der Waals surface area contributed by atoms with Crippen molar-refractivity contribution in [3.63, 3.8) is 0 Å². The summed E-state index contributed by atoms with van der Waals surface area (Å²) in [4.78, 5) is 22.4. The molecule has 164 valence electrons. The number of carbonyl (C=O) groups excluding carboxylic acids is 1. The Kier molecular flexibility index (Phi) is 8.61. The molecule has 0 bridgehead atoms. The van der Waals surface area contributed by atoms with Crippen molar-refractivity contribution < 1.29 is 27.4 Å². The predicted octanol–water partition coefficient (Wildman–Crippen LogP) is 2.41. The summed E-state index contributed by atoms with van der Waals surface area (Å²) in [6.07, 6.45) is -0.744. The number of nitrogens with one attached hydrogen (secondary N) is 2. The van der Waals surface area contributed by atoms with Crippen LogP contribution in [-0.4, -0.2) is 37.5 Å². The molecule has 2 atom stereocenters. The highest BCUT2D eigenvalue weighted by molar-refractivity contribution is 7.90. The third-order valence-corrected chi connectivity index (χ3v) is 8.33. The van der Waals surface area contributed by atoms with Gasteiger partial charge in [0.25, 0.3) is 0 Å². The second-order valence-corrected chi connectivity index (χ2v) is 11.3. The lowest BCUT2D eigenvalue weighted by Gasteiger charge is -2.27. The van der Waals surface area contributed by atoms with E-state index in [-0.39, 0.29) is 18.5 Å². The fourth-order valence-electron chi connectivity index (χ4n) is 2.72. The van der Waals surface area contributed by atoms with Gasteiger partial charge in [0.2, 0.25) is 17.4 Å². The molecule has 0 heterocycles. The number of carbonyl (C=O) groups is 1. The van der Waals surface area contributed by atoms with Gasteiger partial charge in [0.15, 0.2) is 0 Å². The maximum atomic E-state index is 13.0. The molecule has 2 rings (SSSR count). The minimum absolute atomic E-state index is 0.0673. The molecule has 0 aromatic heterocycles. The lowest BCUT2D eigenvalue weighted by atomic mass is 10.2. The number of hydrogen-bond donors (Lipinski definition) is 3. The zero-order valence-electron chi connectivity index (χ0n) is 16.9. The first-order valence-electron chi connectivity index (χ1n) is 9.44. The molecule has 2 unspecified atom stereocenters. The van der Waals surface area contributed by atoms with E-state index in [0.717, 1.165) is 5.56 Å². The molecule has 0 aliphatic heterocycles. The van der Waals surface area contributed by atoms with Crippen LogP contribution in [0.3, 0.4) is 0 Å². The van der Waals surface area contributed by atoms with E-state index in [9.17, 15) is 22.7 Å². The zero-order valence-corrected chi connectivity index (χ0v) is 18.6. The Balaban J connectivity index is 1.90. The number of ether oxygens (including phenoxy) is 1. The molecule has 0 saturated heterocycles. The third kappa shape index (κ3) is 7.25. The van der Waals surface area contributed by atoms with Crippen molar-refractivity contribution in [1.82, 2.24) is 10.0 Å². The molecule has 2 aromatic rings. The summed E-state index contributed by atoms with van der Waals surface area (Å²) in [6, 6.07) is 17.0. The predicted molar refractivity (Wildman–Crippen MR) is 116 cm³/mol. The molecular formula is C20H27N2O6PS. The molecule has 8 nitrogen and oxygen atoms in total. The molecule has 0 aliphatic rings. The molecule has 0 aliphatic carbocycles. The molecule has 0 fully saturated rings. The van der Waals surface area contributed by atoms with E-state index in [1.165, 1.54) is 12.1 Å².